The quantitative estimate of drug-likeness (QED) is 0.349. The monoisotopic (exact) mass is 515 g/mol. The van der Waals surface area contributed by atoms with Crippen molar-refractivity contribution in [2.45, 2.75) is 19.9 Å². The van der Waals surface area contributed by atoms with Crippen LogP contribution in [-0.4, -0.2) is 67.1 Å². The van der Waals surface area contributed by atoms with E-state index in [1.54, 1.807) is 11.3 Å². The summed E-state index contributed by atoms with van der Waals surface area (Å²) in [5.74, 6) is 1.90. The van der Waals surface area contributed by atoms with Crippen molar-refractivity contribution in [2.75, 3.05) is 46.4 Å². The Balaban J connectivity index is 0.00000280. The van der Waals surface area contributed by atoms with Crippen LogP contribution in [0.5, 0.6) is 5.75 Å². The number of aryl methyl sites for hydroxylation is 1. The number of ether oxygens (including phenoxy) is 1. The number of aliphatic imine (C=N–C) groups is 1. The van der Waals surface area contributed by atoms with Crippen molar-refractivity contribution < 1.29 is 4.74 Å². The fourth-order valence-electron chi connectivity index (χ4n) is 3.07. The number of hydrogen-bond acceptors (Lipinski definition) is 5. The highest BCUT2D eigenvalue weighted by Gasteiger charge is 2.19. The average Bonchev–Trinajstić information content (AvgIpc) is 3.18. The second-order valence-corrected chi connectivity index (χ2v) is 7.66. The van der Waals surface area contributed by atoms with E-state index in [0.717, 1.165) is 69.0 Å². The number of para-hydroxylation sites is 1. The molecule has 0 radical (unpaired) electrons. The number of thiazole rings is 1. The van der Waals surface area contributed by atoms with Crippen LogP contribution in [-0.2, 0) is 13.0 Å². The van der Waals surface area contributed by atoms with Gasteiger partial charge in [-0.15, -0.1) is 35.3 Å². The van der Waals surface area contributed by atoms with E-state index in [1.165, 1.54) is 4.88 Å². The number of hydrogen-bond donors (Lipinski definition) is 1. The molecule has 8 heteroatoms. The van der Waals surface area contributed by atoms with Gasteiger partial charge in [0.15, 0.2) is 5.96 Å². The average molecular weight is 515 g/mol. The summed E-state index contributed by atoms with van der Waals surface area (Å²) in [6.45, 7) is 8.57. The molecule has 0 unspecified atom stereocenters. The lowest BCUT2D eigenvalue weighted by Gasteiger charge is -2.36. The van der Waals surface area contributed by atoms with Crippen LogP contribution < -0.4 is 10.1 Å². The third-order valence-electron chi connectivity index (χ3n) is 4.65. The van der Waals surface area contributed by atoms with Crippen LogP contribution in [0.4, 0.5) is 0 Å². The number of rotatable bonds is 7. The van der Waals surface area contributed by atoms with Crippen molar-refractivity contribution in [3.63, 3.8) is 0 Å². The lowest BCUT2D eigenvalue weighted by atomic mass is 10.3. The Morgan fingerprint density at radius 3 is 2.61 bits per heavy atom. The highest BCUT2D eigenvalue weighted by atomic mass is 127. The normalized spacial score (nSPS) is 15.2. The van der Waals surface area contributed by atoms with Crippen LogP contribution in [0.2, 0.25) is 0 Å². The molecule has 2 aromatic rings. The van der Waals surface area contributed by atoms with Crippen LogP contribution >= 0.6 is 35.3 Å². The summed E-state index contributed by atoms with van der Waals surface area (Å²) in [6, 6.07) is 10.0. The number of halogens is 1. The first kappa shape index (κ1) is 22.9. The van der Waals surface area contributed by atoms with Gasteiger partial charge in [0.05, 0.1) is 6.54 Å². The maximum atomic E-state index is 5.81. The Hall–Kier alpha value is -1.39. The van der Waals surface area contributed by atoms with Crippen LogP contribution in [0.1, 0.15) is 16.8 Å². The van der Waals surface area contributed by atoms with Gasteiger partial charge in [0.2, 0.25) is 0 Å². The van der Waals surface area contributed by atoms with Crippen molar-refractivity contribution in [1.82, 2.24) is 20.1 Å². The molecule has 3 rings (SSSR count). The number of nitrogens with zero attached hydrogens (tertiary/aromatic N) is 4. The molecule has 1 saturated heterocycles. The lowest BCUT2D eigenvalue weighted by Crippen LogP contribution is -2.52. The van der Waals surface area contributed by atoms with Gasteiger partial charge in [-0.25, -0.2) is 4.98 Å². The Labute approximate surface area is 189 Å². The van der Waals surface area contributed by atoms with E-state index in [9.17, 15) is 0 Å². The number of piperazine rings is 1. The van der Waals surface area contributed by atoms with E-state index in [1.807, 2.05) is 43.6 Å². The largest absolute Gasteiger partial charge is 0.492 e. The molecule has 1 aromatic carbocycles. The van der Waals surface area contributed by atoms with E-state index in [2.05, 4.69) is 32.0 Å². The summed E-state index contributed by atoms with van der Waals surface area (Å²) in [7, 11) is 1.85. The SMILES string of the molecule is CCc1cnc(CNC(=NC)N2CCN(CCOc3ccccc3)CC2)s1.I. The Bertz CT molecular complexity index is 716. The molecule has 1 aliphatic heterocycles. The van der Waals surface area contributed by atoms with Gasteiger partial charge in [0.1, 0.15) is 17.4 Å². The molecule has 0 saturated carbocycles. The van der Waals surface area contributed by atoms with Crippen LogP contribution in [0.25, 0.3) is 0 Å². The molecule has 1 aromatic heterocycles. The van der Waals surface area contributed by atoms with Gasteiger partial charge in [-0.2, -0.15) is 0 Å². The number of benzene rings is 1. The third-order valence-corrected chi connectivity index (χ3v) is 5.79. The summed E-state index contributed by atoms with van der Waals surface area (Å²) in [5.41, 5.74) is 0. The van der Waals surface area contributed by atoms with E-state index >= 15 is 0 Å². The molecule has 1 fully saturated rings. The number of nitrogens with one attached hydrogen (secondary N) is 1. The summed E-state index contributed by atoms with van der Waals surface area (Å²) in [4.78, 5) is 15.0. The maximum Gasteiger partial charge on any atom is 0.194 e. The van der Waals surface area contributed by atoms with Crippen LogP contribution in [0, 0.1) is 0 Å². The zero-order valence-corrected chi connectivity index (χ0v) is 19.8. The zero-order valence-electron chi connectivity index (χ0n) is 16.6. The molecule has 154 valence electrons. The van der Waals surface area contributed by atoms with Crippen molar-refractivity contribution in [3.8, 4) is 5.75 Å². The molecular formula is C20H30IN5OS. The van der Waals surface area contributed by atoms with Gasteiger partial charge in [0, 0.05) is 50.8 Å². The molecule has 0 amide bonds. The van der Waals surface area contributed by atoms with Crippen molar-refractivity contribution in [2.24, 2.45) is 4.99 Å². The van der Waals surface area contributed by atoms with Gasteiger partial charge in [0.25, 0.3) is 0 Å². The van der Waals surface area contributed by atoms with Crippen LogP contribution in [0.15, 0.2) is 41.5 Å². The minimum atomic E-state index is 0. The van der Waals surface area contributed by atoms with Gasteiger partial charge in [-0.3, -0.25) is 9.89 Å². The second kappa shape index (κ2) is 12.2. The minimum absolute atomic E-state index is 0. The van der Waals surface area contributed by atoms with E-state index in [-0.39, 0.29) is 24.0 Å². The Kier molecular flexibility index (Phi) is 10.0. The summed E-state index contributed by atoms with van der Waals surface area (Å²) in [5, 5.41) is 4.57. The summed E-state index contributed by atoms with van der Waals surface area (Å²) in [6.07, 6.45) is 3.02. The highest BCUT2D eigenvalue weighted by Crippen LogP contribution is 2.13. The Morgan fingerprint density at radius 2 is 1.96 bits per heavy atom. The topological polar surface area (TPSA) is 53.0 Å². The van der Waals surface area contributed by atoms with E-state index < -0.39 is 0 Å². The predicted octanol–water partition coefficient (Wildman–Crippen LogP) is 3.10. The number of guanidine groups is 1. The van der Waals surface area contributed by atoms with Crippen molar-refractivity contribution >= 4 is 41.3 Å². The molecule has 0 bridgehead atoms. The van der Waals surface area contributed by atoms with E-state index in [4.69, 9.17) is 4.74 Å². The number of aromatic nitrogens is 1. The molecular weight excluding hydrogens is 485 g/mol. The fraction of sp³-hybridized carbons (Fsp3) is 0.500. The zero-order chi connectivity index (χ0) is 18.9. The standard InChI is InChI=1S/C20H29N5OS.HI/c1-3-18-15-22-19(27-18)16-23-20(21-2)25-11-9-24(10-12-25)13-14-26-17-7-5-4-6-8-17;/h4-8,15H,3,9-14,16H2,1-2H3,(H,21,23);1H. The first-order valence-electron chi connectivity index (χ1n) is 9.58. The molecule has 1 aliphatic rings. The predicted molar refractivity (Wildman–Crippen MR) is 127 cm³/mol. The molecule has 0 atom stereocenters. The first-order valence-corrected chi connectivity index (χ1v) is 10.4. The molecule has 2 heterocycles. The lowest BCUT2D eigenvalue weighted by molar-refractivity contribution is 0.152. The maximum absolute atomic E-state index is 5.81. The molecule has 0 aliphatic carbocycles. The fourth-order valence-corrected chi connectivity index (χ4v) is 3.87. The van der Waals surface area contributed by atoms with Crippen molar-refractivity contribution in [1.29, 1.82) is 0 Å². The molecule has 0 spiro atoms. The van der Waals surface area contributed by atoms with E-state index in [0.29, 0.717) is 0 Å². The summed E-state index contributed by atoms with van der Waals surface area (Å²) < 4.78 is 5.81. The molecule has 28 heavy (non-hydrogen) atoms. The molecule has 1 N–H and O–H groups in total. The summed E-state index contributed by atoms with van der Waals surface area (Å²) >= 11 is 1.77. The van der Waals surface area contributed by atoms with Gasteiger partial charge >= 0.3 is 0 Å². The minimum Gasteiger partial charge on any atom is -0.492 e. The second-order valence-electron chi connectivity index (χ2n) is 6.46. The first-order chi connectivity index (χ1) is 13.3. The third kappa shape index (κ3) is 6.89. The smallest absolute Gasteiger partial charge is 0.194 e. The van der Waals surface area contributed by atoms with Gasteiger partial charge in [-0.1, -0.05) is 25.1 Å². The van der Waals surface area contributed by atoms with Gasteiger partial charge in [-0.05, 0) is 18.6 Å². The molecule has 6 nitrogen and oxygen atoms in total. The van der Waals surface area contributed by atoms with Crippen molar-refractivity contribution in [3.05, 3.63) is 46.4 Å². The highest BCUT2D eigenvalue weighted by molar-refractivity contribution is 14.0. The van der Waals surface area contributed by atoms with Crippen LogP contribution in [0.3, 0.4) is 0 Å². The van der Waals surface area contributed by atoms with Gasteiger partial charge < -0.3 is 15.0 Å². The Morgan fingerprint density at radius 1 is 1.21 bits per heavy atom.